The summed E-state index contributed by atoms with van der Waals surface area (Å²) in [6.45, 7) is 15.8. The second-order valence-corrected chi connectivity index (χ2v) is 8.79. The van der Waals surface area contributed by atoms with Crippen molar-refractivity contribution >= 4 is 17.2 Å². The van der Waals surface area contributed by atoms with Gasteiger partial charge in [-0.3, -0.25) is 4.90 Å². The zero-order valence-electron chi connectivity index (χ0n) is 15.3. The van der Waals surface area contributed by atoms with E-state index in [1.165, 1.54) is 15.6 Å². The number of nitrogens with zero attached hydrogens (tertiary/aromatic N) is 5. The number of piperazine rings is 1. The molecule has 0 saturated carbocycles. The molecule has 130 valence electrons. The van der Waals surface area contributed by atoms with E-state index in [0.717, 1.165) is 44.4 Å². The minimum Gasteiger partial charge on any atom is -0.354 e. The number of aryl methyl sites for hydroxylation is 2. The first-order chi connectivity index (χ1) is 11.3. The Hall–Kier alpha value is -1.53. The third-order valence-electron chi connectivity index (χ3n) is 4.44. The number of thiazole rings is 1. The van der Waals surface area contributed by atoms with E-state index in [4.69, 9.17) is 4.98 Å². The predicted octanol–water partition coefficient (Wildman–Crippen LogP) is 3.17. The van der Waals surface area contributed by atoms with Crippen molar-refractivity contribution in [3.05, 3.63) is 33.7 Å². The Labute approximate surface area is 148 Å². The Morgan fingerprint density at radius 1 is 1.08 bits per heavy atom. The van der Waals surface area contributed by atoms with Crippen LogP contribution in [0.2, 0.25) is 0 Å². The molecule has 0 N–H and O–H groups in total. The van der Waals surface area contributed by atoms with Crippen LogP contribution in [-0.2, 0) is 12.0 Å². The molecule has 0 bridgehead atoms. The molecule has 3 rings (SSSR count). The highest BCUT2D eigenvalue weighted by Gasteiger charge is 2.22. The van der Waals surface area contributed by atoms with Crippen molar-refractivity contribution in [2.45, 2.75) is 46.6 Å². The van der Waals surface area contributed by atoms with Gasteiger partial charge in [-0.1, -0.05) is 20.8 Å². The van der Waals surface area contributed by atoms with E-state index in [-0.39, 0.29) is 5.41 Å². The molecule has 0 spiro atoms. The first-order valence-corrected chi connectivity index (χ1v) is 9.38. The van der Waals surface area contributed by atoms with Crippen LogP contribution in [-0.4, -0.2) is 46.0 Å². The summed E-state index contributed by atoms with van der Waals surface area (Å²) < 4.78 is 0. The normalized spacial score (nSPS) is 16.6. The summed E-state index contributed by atoms with van der Waals surface area (Å²) >= 11 is 1.82. The van der Waals surface area contributed by atoms with Crippen LogP contribution in [0.25, 0.3) is 0 Å². The molecule has 1 aliphatic rings. The first kappa shape index (κ1) is 17.3. The van der Waals surface area contributed by atoms with Gasteiger partial charge in [-0.05, 0) is 19.9 Å². The van der Waals surface area contributed by atoms with Crippen LogP contribution in [0.4, 0.5) is 5.82 Å². The van der Waals surface area contributed by atoms with Crippen LogP contribution in [0.5, 0.6) is 0 Å². The van der Waals surface area contributed by atoms with Crippen molar-refractivity contribution < 1.29 is 0 Å². The van der Waals surface area contributed by atoms with Gasteiger partial charge in [0.2, 0.25) is 0 Å². The van der Waals surface area contributed by atoms with Crippen molar-refractivity contribution in [3.63, 3.8) is 0 Å². The van der Waals surface area contributed by atoms with Gasteiger partial charge in [0.15, 0.2) is 0 Å². The fraction of sp³-hybridized carbons (Fsp3) is 0.611. The average molecular weight is 346 g/mol. The van der Waals surface area contributed by atoms with Crippen molar-refractivity contribution in [2.24, 2.45) is 0 Å². The van der Waals surface area contributed by atoms with Crippen LogP contribution >= 0.6 is 11.3 Å². The summed E-state index contributed by atoms with van der Waals surface area (Å²) in [6, 6.07) is 2.03. The summed E-state index contributed by atoms with van der Waals surface area (Å²) in [5, 5.41) is 1.23. The van der Waals surface area contributed by atoms with Gasteiger partial charge in [-0.15, -0.1) is 11.3 Å². The minimum atomic E-state index is -0.0155. The van der Waals surface area contributed by atoms with Crippen LogP contribution < -0.4 is 4.90 Å². The fourth-order valence-electron chi connectivity index (χ4n) is 2.82. The van der Waals surface area contributed by atoms with Gasteiger partial charge in [0.25, 0.3) is 0 Å². The van der Waals surface area contributed by atoms with Gasteiger partial charge in [0, 0.05) is 42.7 Å². The summed E-state index contributed by atoms with van der Waals surface area (Å²) in [6.07, 6.45) is 1.89. The van der Waals surface area contributed by atoms with Gasteiger partial charge in [0.1, 0.15) is 16.6 Å². The predicted molar refractivity (Wildman–Crippen MR) is 99.8 cm³/mol. The highest BCUT2D eigenvalue weighted by Crippen LogP contribution is 2.22. The Bertz CT molecular complexity index is 676. The molecule has 0 aromatic carbocycles. The molecule has 2 aromatic rings. The van der Waals surface area contributed by atoms with Crippen molar-refractivity contribution in [2.75, 3.05) is 31.1 Å². The number of anilines is 1. The number of aromatic nitrogens is 3. The zero-order valence-corrected chi connectivity index (χ0v) is 16.2. The monoisotopic (exact) mass is 345 g/mol. The summed E-state index contributed by atoms with van der Waals surface area (Å²) in [7, 11) is 0. The molecule has 5 nitrogen and oxygen atoms in total. The smallest absolute Gasteiger partial charge is 0.135 e. The highest BCUT2D eigenvalue weighted by molar-refractivity contribution is 7.11. The lowest BCUT2D eigenvalue weighted by molar-refractivity contribution is 0.249. The van der Waals surface area contributed by atoms with Crippen LogP contribution in [0.3, 0.4) is 0 Å². The van der Waals surface area contributed by atoms with Crippen molar-refractivity contribution in [3.8, 4) is 0 Å². The molecule has 24 heavy (non-hydrogen) atoms. The highest BCUT2D eigenvalue weighted by atomic mass is 32.1. The zero-order chi connectivity index (χ0) is 17.3. The van der Waals surface area contributed by atoms with E-state index in [1.807, 2.05) is 23.6 Å². The van der Waals surface area contributed by atoms with Crippen LogP contribution in [0, 0.1) is 13.8 Å². The van der Waals surface area contributed by atoms with Crippen LogP contribution in [0.15, 0.2) is 12.3 Å². The fourth-order valence-corrected chi connectivity index (χ4v) is 3.80. The SMILES string of the molecule is Cc1nc(CN2CCN(c3ccnc(C(C)(C)C)n3)CC2)sc1C. The quantitative estimate of drug-likeness (QED) is 0.855. The Balaban J connectivity index is 1.61. The third kappa shape index (κ3) is 3.92. The van der Waals surface area contributed by atoms with Crippen molar-refractivity contribution in [1.29, 1.82) is 0 Å². The van der Waals surface area contributed by atoms with Gasteiger partial charge in [-0.2, -0.15) is 0 Å². The van der Waals surface area contributed by atoms with E-state index in [9.17, 15) is 0 Å². The maximum Gasteiger partial charge on any atom is 0.135 e. The summed E-state index contributed by atoms with van der Waals surface area (Å²) in [5.74, 6) is 1.96. The van der Waals surface area contributed by atoms with Gasteiger partial charge >= 0.3 is 0 Å². The summed E-state index contributed by atoms with van der Waals surface area (Å²) in [5.41, 5.74) is 1.16. The second-order valence-electron chi connectivity index (χ2n) is 7.50. The van der Waals surface area contributed by atoms with E-state index in [0.29, 0.717) is 0 Å². The lowest BCUT2D eigenvalue weighted by Crippen LogP contribution is -2.46. The Morgan fingerprint density at radius 3 is 2.38 bits per heavy atom. The average Bonchev–Trinajstić information content (AvgIpc) is 2.85. The van der Waals surface area contributed by atoms with E-state index in [1.54, 1.807) is 0 Å². The molecule has 0 unspecified atom stereocenters. The van der Waals surface area contributed by atoms with E-state index in [2.05, 4.69) is 54.4 Å². The molecule has 1 aliphatic heterocycles. The Kier molecular flexibility index (Phi) is 4.88. The van der Waals surface area contributed by atoms with E-state index < -0.39 is 0 Å². The maximum absolute atomic E-state index is 4.78. The van der Waals surface area contributed by atoms with Crippen LogP contribution in [0.1, 0.15) is 42.2 Å². The van der Waals surface area contributed by atoms with Gasteiger partial charge in [0.05, 0.1) is 12.2 Å². The molecule has 0 atom stereocenters. The number of hydrogen-bond acceptors (Lipinski definition) is 6. The van der Waals surface area contributed by atoms with Gasteiger partial charge in [-0.25, -0.2) is 15.0 Å². The summed E-state index contributed by atoms with van der Waals surface area (Å²) in [4.78, 5) is 20.1. The topological polar surface area (TPSA) is 45.2 Å². The molecule has 0 radical (unpaired) electrons. The largest absolute Gasteiger partial charge is 0.354 e. The molecule has 3 heterocycles. The molecular formula is C18H27N5S. The molecular weight excluding hydrogens is 318 g/mol. The molecule has 0 amide bonds. The number of rotatable bonds is 3. The second kappa shape index (κ2) is 6.76. The first-order valence-electron chi connectivity index (χ1n) is 8.56. The molecule has 1 fully saturated rings. The molecule has 1 saturated heterocycles. The molecule has 0 aliphatic carbocycles. The van der Waals surface area contributed by atoms with Crippen molar-refractivity contribution in [1.82, 2.24) is 19.9 Å². The minimum absolute atomic E-state index is 0.0155. The molecule has 6 heteroatoms. The Morgan fingerprint density at radius 2 is 1.79 bits per heavy atom. The standard InChI is InChI=1S/C18H27N5S/c1-13-14(2)24-16(20-13)12-22-8-10-23(11-9-22)15-6-7-19-17(21-15)18(3,4)5/h6-7H,8-12H2,1-5H3. The van der Waals surface area contributed by atoms with E-state index >= 15 is 0 Å². The third-order valence-corrected chi connectivity index (χ3v) is 5.50. The van der Waals surface area contributed by atoms with Gasteiger partial charge < -0.3 is 4.90 Å². The number of hydrogen-bond donors (Lipinski definition) is 0. The molecule has 2 aromatic heterocycles. The maximum atomic E-state index is 4.78. The lowest BCUT2D eigenvalue weighted by Gasteiger charge is -2.35. The lowest BCUT2D eigenvalue weighted by atomic mass is 9.96.